The number of fused-ring (bicyclic) bond motifs is 1. The molecule has 0 N–H and O–H groups in total. The lowest BCUT2D eigenvalue weighted by atomic mass is 9.97. The molecule has 6 nitrogen and oxygen atoms in total. The van der Waals surface area contributed by atoms with Crippen LogP contribution in [0.3, 0.4) is 0 Å². The number of carbonyl (C=O) groups excluding carboxylic acids is 1. The highest BCUT2D eigenvalue weighted by Gasteiger charge is 2.31. The molecule has 1 amide bonds. The highest BCUT2D eigenvalue weighted by molar-refractivity contribution is 6.04. The number of carbonyl (C=O) groups is 1. The zero-order valence-corrected chi connectivity index (χ0v) is 16.2. The Kier molecular flexibility index (Phi) is 5.26. The summed E-state index contributed by atoms with van der Waals surface area (Å²) in [7, 11) is 4.84. The van der Waals surface area contributed by atoms with Gasteiger partial charge >= 0.3 is 0 Å². The Morgan fingerprint density at radius 2 is 2.00 bits per heavy atom. The quantitative estimate of drug-likeness (QED) is 0.759. The minimum absolute atomic E-state index is 0.00693. The van der Waals surface area contributed by atoms with Gasteiger partial charge in [-0.1, -0.05) is 12.1 Å². The van der Waals surface area contributed by atoms with E-state index in [0.717, 1.165) is 33.5 Å². The number of pyridine rings is 1. The van der Waals surface area contributed by atoms with Crippen LogP contribution in [0.15, 0.2) is 41.2 Å². The molecular weight excluding hydrogens is 342 g/mol. The molecule has 1 aliphatic heterocycles. The van der Waals surface area contributed by atoms with Crippen molar-refractivity contribution in [2.75, 3.05) is 21.3 Å². The van der Waals surface area contributed by atoms with Crippen LogP contribution in [0.1, 0.15) is 28.4 Å². The topological polar surface area (TPSA) is 64.0 Å². The highest BCUT2D eigenvalue weighted by atomic mass is 16.5. The number of rotatable bonds is 5. The fourth-order valence-corrected chi connectivity index (χ4v) is 3.37. The van der Waals surface area contributed by atoms with Crippen LogP contribution in [-0.2, 0) is 6.54 Å². The number of aromatic nitrogens is 1. The van der Waals surface area contributed by atoms with Crippen LogP contribution in [0, 0.1) is 6.92 Å². The summed E-state index contributed by atoms with van der Waals surface area (Å²) in [5.41, 5.74) is 5.39. The zero-order valence-electron chi connectivity index (χ0n) is 16.2. The third-order valence-corrected chi connectivity index (χ3v) is 4.64. The molecule has 1 aliphatic rings. The van der Waals surface area contributed by atoms with Crippen LogP contribution >= 0.6 is 0 Å². The summed E-state index contributed by atoms with van der Waals surface area (Å²) in [6.07, 6.45) is 5.35. The van der Waals surface area contributed by atoms with Crippen molar-refractivity contribution in [3.8, 4) is 22.8 Å². The van der Waals surface area contributed by atoms with Crippen molar-refractivity contribution in [2.45, 2.75) is 20.4 Å². The SMILES string of the molecule is C/C=C(\C=N/C)N1Cc2cc(-c3cnc(OC)c(OC)c3)cc(C)c2C1=O. The van der Waals surface area contributed by atoms with Crippen LogP contribution in [0.25, 0.3) is 11.1 Å². The summed E-state index contributed by atoms with van der Waals surface area (Å²) >= 11 is 0. The van der Waals surface area contributed by atoms with Gasteiger partial charge in [0, 0.05) is 30.6 Å². The molecule has 1 aromatic heterocycles. The number of nitrogens with zero attached hydrogens (tertiary/aromatic N) is 3. The molecule has 0 bridgehead atoms. The van der Waals surface area contributed by atoms with E-state index in [1.54, 1.807) is 38.6 Å². The smallest absolute Gasteiger partial charge is 0.259 e. The van der Waals surface area contributed by atoms with Gasteiger partial charge in [-0.2, -0.15) is 0 Å². The number of benzene rings is 1. The van der Waals surface area contributed by atoms with Crippen molar-refractivity contribution in [2.24, 2.45) is 4.99 Å². The van der Waals surface area contributed by atoms with Crippen molar-refractivity contribution < 1.29 is 14.3 Å². The average Bonchev–Trinajstić information content (AvgIpc) is 3.02. The summed E-state index contributed by atoms with van der Waals surface area (Å²) in [6, 6.07) is 5.94. The molecule has 140 valence electrons. The molecule has 0 atom stereocenters. The predicted molar refractivity (Wildman–Crippen MR) is 106 cm³/mol. The van der Waals surface area contributed by atoms with Gasteiger partial charge in [-0.15, -0.1) is 0 Å². The number of aryl methyl sites for hydroxylation is 1. The zero-order chi connectivity index (χ0) is 19.6. The lowest BCUT2D eigenvalue weighted by Gasteiger charge is -2.15. The van der Waals surface area contributed by atoms with Crippen LogP contribution in [-0.4, -0.2) is 43.3 Å². The standard InChI is InChI=1S/C21H23N3O3/c1-6-17(11-22-3)24-12-16-8-14(7-13(2)19(16)21(24)25)15-9-18(26-4)20(27-5)23-10-15/h6-11H,12H2,1-5H3/b17-6+,22-11-. The highest BCUT2D eigenvalue weighted by Crippen LogP contribution is 2.35. The second kappa shape index (κ2) is 7.61. The van der Waals surface area contributed by atoms with E-state index in [2.05, 4.69) is 9.98 Å². The molecule has 0 spiro atoms. The Morgan fingerprint density at radius 3 is 2.63 bits per heavy atom. The van der Waals surface area contributed by atoms with Gasteiger partial charge in [0.25, 0.3) is 11.8 Å². The van der Waals surface area contributed by atoms with E-state index in [0.29, 0.717) is 18.2 Å². The van der Waals surface area contributed by atoms with Crippen molar-refractivity contribution in [1.82, 2.24) is 9.88 Å². The van der Waals surface area contributed by atoms with Gasteiger partial charge < -0.3 is 14.4 Å². The molecule has 2 heterocycles. The van der Waals surface area contributed by atoms with Crippen molar-refractivity contribution in [3.05, 3.63) is 52.9 Å². The summed E-state index contributed by atoms with van der Waals surface area (Å²) < 4.78 is 10.6. The molecular formula is C21H23N3O3. The number of allylic oxidation sites excluding steroid dienone is 2. The van der Waals surface area contributed by atoms with E-state index >= 15 is 0 Å². The Labute approximate surface area is 159 Å². The Balaban J connectivity index is 2.04. The fourth-order valence-electron chi connectivity index (χ4n) is 3.37. The summed E-state index contributed by atoms with van der Waals surface area (Å²) in [4.78, 5) is 23.0. The van der Waals surface area contributed by atoms with Crippen LogP contribution < -0.4 is 9.47 Å². The number of hydrogen-bond donors (Lipinski definition) is 0. The Bertz CT molecular complexity index is 948. The monoisotopic (exact) mass is 365 g/mol. The van der Waals surface area contributed by atoms with Crippen LogP contribution in [0.5, 0.6) is 11.6 Å². The third kappa shape index (κ3) is 3.30. The van der Waals surface area contributed by atoms with Gasteiger partial charge in [-0.3, -0.25) is 9.79 Å². The van der Waals surface area contributed by atoms with Crippen molar-refractivity contribution in [1.29, 1.82) is 0 Å². The molecule has 6 heteroatoms. The molecule has 27 heavy (non-hydrogen) atoms. The van der Waals surface area contributed by atoms with Crippen molar-refractivity contribution >= 4 is 12.1 Å². The van der Waals surface area contributed by atoms with Crippen LogP contribution in [0.2, 0.25) is 0 Å². The Morgan fingerprint density at radius 1 is 1.22 bits per heavy atom. The van der Waals surface area contributed by atoms with Gasteiger partial charge in [0.1, 0.15) is 0 Å². The van der Waals surface area contributed by atoms with Gasteiger partial charge in [-0.05, 0) is 42.7 Å². The maximum atomic E-state index is 12.9. The first-order valence-electron chi connectivity index (χ1n) is 8.66. The van der Waals surface area contributed by atoms with E-state index in [4.69, 9.17) is 9.47 Å². The number of methoxy groups -OCH3 is 2. The summed E-state index contributed by atoms with van der Waals surface area (Å²) in [5.74, 6) is 1.02. The van der Waals surface area contributed by atoms with Crippen LogP contribution in [0.4, 0.5) is 0 Å². The first-order chi connectivity index (χ1) is 13.0. The molecule has 0 radical (unpaired) electrons. The predicted octanol–water partition coefficient (Wildman–Crippen LogP) is 3.63. The normalized spacial score (nSPS) is 14.0. The fraction of sp³-hybridized carbons (Fsp3) is 0.286. The van der Waals surface area contributed by atoms with E-state index in [9.17, 15) is 4.79 Å². The third-order valence-electron chi connectivity index (χ3n) is 4.64. The van der Waals surface area contributed by atoms with Crippen molar-refractivity contribution in [3.63, 3.8) is 0 Å². The minimum Gasteiger partial charge on any atom is -0.491 e. The molecule has 2 aromatic rings. The van der Waals surface area contributed by atoms with E-state index in [1.807, 2.05) is 38.1 Å². The van der Waals surface area contributed by atoms with E-state index in [-0.39, 0.29) is 5.91 Å². The lowest BCUT2D eigenvalue weighted by molar-refractivity contribution is 0.0834. The minimum atomic E-state index is 0.00693. The summed E-state index contributed by atoms with van der Waals surface area (Å²) in [5, 5.41) is 0. The number of amides is 1. The largest absolute Gasteiger partial charge is 0.491 e. The molecule has 1 aromatic carbocycles. The van der Waals surface area contributed by atoms with Gasteiger partial charge in [0.05, 0.1) is 26.5 Å². The molecule has 0 fully saturated rings. The lowest BCUT2D eigenvalue weighted by Crippen LogP contribution is -2.24. The molecule has 0 aliphatic carbocycles. The average molecular weight is 365 g/mol. The summed E-state index contributed by atoms with van der Waals surface area (Å²) in [6.45, 7) is 4.39. The Hall–Kier alpha value is -3.15. The van der Waals surface area contributed by atoms with Gasteiger partial charge in [-0.25, -0.2) is 4.98 Å². The second-order valence-electron chi connectivity index (χ2n) is 6.25. The first-order valence-corrected chi connectivity index (χ1v) is 8.66. The maximum Gasteiger partial charge on any atom is 0.259 e. The first kappa shape index (κ1) is 18.6. The maximum absolute atomic E-state index is 12.9. The van der Waals surface area contributed by atoms with E-state index in [1.165, 1.54) is 0 Å². The van der Waals surface area contributed by atoms with Gasteiger partial charge in [0.2, 0.25) is 0 Å². The number of ether oxygens (including phenoxy) is 2. The van der Waals surface area contributed by atoms with Gasteiger partial charge in [0.15, 0.2) is 5.75 Å². The molecule has 3 rings (SSSR count). The second-order valence-corrected chi connectivity index (χ2v) is 6.25. The number of hydrogen-bond acceptors (Lipinski definition) is 5. The van der Waals surface area contributed by atoms with E-state index < -0.39 is 0 Å². The number of aliphatic imine (C=N–C) groups is 1. The molecule has 0 saturated heterocycles. The molecule has 0 unspecified atom stereocenters. The molecule has 0 saturated carbocycles.